The minimum Gasteiger partial charge on any atom is -0.260 e. The van der Waals surface area contributed by atoms with Crippen molar-refractivity contribution in [3.05, 3.63) is 54.7 Å². The van der Waals surface area contributed by atoms with E-state index in [1.807, 2.05) is 42.5 Å². The van der Waals surface area contributed by atoms with Crippen molar-refractivity contribution in [1.82, 2.24) is 4.98 Å². The Labute approximate surface area is 87.7 Å². The maximum atomic E-state index is 4.01. The van der Waals surface area contributed by atoms with E-state index in [0.717, 1.165) is 5.69 Å². The van der Waals surface area contributed by atoms with Gasteiger partial charge in [-0.1, -0.05) is 29.5 Å². The Morgan fingerprint density at radius 1 is 0.933 bits per heavy atom. The maximum absolute atomic E-state index is 4.01. The van der Waals surface area contributed by atoms with Gasteiger partial charge in [-0.25, -0.2) is 4.98 Å². The van der Waals surface area contributed by atoms with Crippen LogP contribution in [0.5, 0.6) is 0 Å². The van der Waals surface area contributed by atoms with E-state index in [9.17, 15) is 0 Å². The molecule has 1 heterocycles. The standard InChI is InChI=1S/C11H10N4/c1-2-6-10(7-3-1)13-15-14-11-8-4-5-9-12-11/h1-9H,(H,12,13,14). The number of anilines is 1. The molecular formula is C11H10N4. The lowest BCUT2D eigenvalue weighted by Gasteiger charge is -1.96. The van der Waals surface area contributed by atoms with Crippen LogP contribution in [0.3, 0.4) is 0 Å². The molecule has 0 aliphatic heterocycles. The van der Waals surface area contributed by atoms with Gasteiger partial charge in [-0.3, -0.25) is 5.43 Å². The van der Waals surface area contributed by atoms with Gasteiger partial charge in [-0.05, 0) is 24.3 Å². The molecule has 4 nitrogen and oxygen atoms in total. The van der Waals surface area contributed by atoms with Crippen LogP contribution in [0, 0.1) is 0 Å². The monoisotopic (exact) mass is 198 g/mol. The van der Waals surface area contributed by atoms with Crippen molar-refractivity contribution >= 4 is 11.5 Å². The summed E-state index contributed by atoms with van der Waals surface area (Å²) in [6, 6.07) is 15.1. The molecule has 0 radical (unpaired) electrons. The molecule has 1 aromatic carbocycles. The molecule has 0 spiro atoms. The summed E-state index contributed by atoms with van der Waals surface area (Å²) in [7, 11) is 0. The summed E-state index contributed by atoms with van der Waals surface area (Å²) < 4.78 is 0. The van der Waals surface area contributed by atoms with Gasteiger partial charge in [-0.2, -0.15) is 0 Å². The highest BCUT2D eigenvalue weighted by Gasteiger charge is 1.87. The average Bonchev–Trinajstić information content (AvgIpc) is 2.32. The highest BCUT2D eigenvalue weighted by atomic mass is 15.4. The first-order valence-electron chi connectivity index (χ1n) is 4.58. The van der Waals surface area contributed by atoms with Crippen LogP contribution < -0.4 is 5.43 Å². The number of para-hydroxylation sites is 1. The third-order valence-corrected chi connectivity index (χ3v) is 1.75. The normalized spacial score (nSPS) is 10.4. The number of rotatable bonds is 3. The first-order valence-corrected chi connectivity index (χ1v) is 4.58. The van der Waals surface area contributed by atoms with Gasteiger partial charge in [0.15, 0.2) is 5.82 Å². The lowest BCUT2D eigenvalue weighted by Crippen LogP contribution is -1.84. The fourth-order valence-corrected chi connectivity index (χ4v) is 1.06. The fraction of sp³-hybridized carbons (Fsp3) is 0. The van der Waals surface area contributed by atoms with Crippen molar-refractivity contribution < 1.29 is 0 Å². The van der Waals surface area contributed by atoms with E-state index >= 15 is 0 Å². The molecule has 0 saturated carbocycles. The minimum atomic E-state index is 0.584. The van der Waals surface area contributed by atoms with Crippen LogP contribution in [-0.4, -0.2) is 4.98 Å². The molecule has 74 valence electrons. The molecule has 0 saturated heterocycles. The van der Waals surface area contributed by atoms with Gasteiger partial charge in [0.1, 0.15) is 0 Å². The van der Waals surface area contributed by atoms with E-state index in [1.54, 1.807) is 12.3 Å². The highest BCUT2D eigenvalue weighted by Crippen LogP contribution is 2.08. The van der Waals surface area contributed by atoms with E-state index in [1.165, 1.54) is 0 Å². The van der Waals surface area contributed by atoms with Crippen LogP contribution in [0.15, 0.2) is 65.1 Å². The van der Waals surface area contributed by atoms with Crippen molar-refractivity contribution in [2.75, 3.05) is 5.43 Å². The SMILES string of the molecule is c1ccc(NN=Nc2ccccn2)cc1. The summed E-state index contributed by atoms with van der Waals surface area (Å²) in [6.07, 6.45) is 1.68. The maximum Gasteiger partial charge on any atom is 0.176 e. The van der Waals surface area contributed by atoms with Gasteiger partial charge < -0.3 is 0 Å². The Kier molecular flexibility index (Phi) is 3.02. The van der Waals surface area contributed by atoms with Gasteiger partial charge >= 0.3 is 0 Å². The van der Waals surface area contributed by atoms with Gasteiger partial charge in [0.25, 0.3) is 0 Å². The first kappa shape index (κ1) is 9.33. The number of pyridine rings is 1. The van der Waals surface area contributed by atoms with Crippen LogP contribution in [0.4, 0.5) is 11.5 Å². The van der Waals surface area contributed by atoms with Crippen LogP contribution in [0.2, 0.25) is 0 Å². The van der Waals surface area contributed by atoms with E-state index in [4.69, 9.17) is 0 Å². The van der Waals surface area contributed by atoms with Gasteiger partial charge in [0, 0.05) is 6.20 Å². The molecule has 2 rings (SSSR count). The second-order valence-corrected chi connectivity index (χ2v) is 2.87. The number of hydrogen-bond donors (Lipinski definition) is 1. The fourth-order valence-electron chi connectivity index (χ4n) is 1.06. The number of nitrogens with one attached hydrogen (secondary N) is 1. The second kappa shape index (κ2) is 4.85. The quantitative estimate of drug-likeness (QED) is 0.608. The Morgan fingerprint density at radius 3 is 2.47 bits per heavy atom. The molecule has 0 bridgehead atoms. The predicted molar refractivity (Wildman–Crippen MR) is 58.8 cm³/mol. The Hall–Kier alpha value is -2.23. The number of aromatic nitrogens is 1. The third kappa shape index (κ3) is 2.87. The number of nitrogens with zero attached hydrogens (tertiary/aromatic N) is 3. The summed E-state index contributed by atoms with van der Waals surface area (Å²) in [5, 5.41) is 7.73. The summed E-state index contributed by atoms with van der Waals surface area (Å²) in [5.41, 5.74) is 3.71. The van der Waals surface area contributed by atoms with E-state index in [-0.39, 0.29) is 0 Å². The zero-order valence-electron chi connectivity index (χ0n) is 8.04. The molecule has 1 N–H and O–H groups in total. The molecule has 0 aliphatic carbocycles. The Morgan fingerprint density at radius 2 is 1.73 bits per heavy atom. The van der Waals surface area contributed by atoms with Crippen LogP contribution in [0.1, 0.15) is 0 Å². The molecule has 1 aromatic heterocycles. The van der Waals surface area contributed by atoms with E-state index in [0.29, 0.717) is 5.82 Å². The Balaban J connectivity index is 1.97. The third-order valence-electron chi connectivity index (χ3n) is 1.75. The van der Waals surface area contributed by atoms with E-state index in [2.05, 4.69) is 20.7 Å². The molecule has 0 atom stereocenters. The lowest BCUT2D eigenvalue weighted by molar-refractivity contribution is 1.09. The number of hydrogen-bond acceptors (Lipinski definition) is 3. The smallest absolute Gasteiger partial charge is 0.176 e. The van der Waals surface area contributed by atoms with Crippen molar-refractivity contribution in [3.63, 3.8) is 0 Å². The molecule has 2 aromatic rings. The molecule has 4 heteroatoms. The van der Waals surface area contributed by atoms with Crippen LogP contribution in [-0.2, 0) is 0 Å². The topological polar surface area (TPSA) is 49.6 Å². The molecule has 0 aliphatic rings. The summed E-state index contributed by atoms with van der Waals surface area (Å²) >= 11 is 0. The zero-order chi connectivity index (χ0) is 10.3. The molecule has 0 fully saturated rings. The van der Waals surface area contributed by atoms with Crippen LogP contribution in [0.25, 0.3) is 0 Å². The first-order chi connectivity index (χ1) is 7.45. The Bertz CT molecular complexity index is 425. The largest absolute Gasteiger partial charge is 0.260 e. The number of benzene rings is 1. The van der Waals surface area contributed by atoms with Crippen molar-refractivity contribution in [3.8, 4) is 0 Å². The van der Waals surface area contributed by atoms with Gasteiger partial charge in [0.05, 0.1) is 5.69 Å². The van der Waals surface area contributed by atoms with E-state index < -0.39 is 0 Å². The van der Waals surface area contributed by atoms with Crippen LogP contribution >= 0.6 is 0 Å². The average molecular weight is 198 g/mol. The molecule has 0 amide bonds. The van der Waals surface area contributed by atoms with Gasteiger partial charge in [-0.15, -0.1) is 5.11 Å². The summed E-state index contributed by atoms with van der Waals surface area (Å²) in [4.78, 5) is 4.01. The minimum absolute atomic E-state index is 0.584. The van der Waals surface area contributed by atoms with Crippen molar-refractivity contribution in [2.24, 2.45) is 10.3 Å². The summed E-state index contributed by atoms with van der Waals surface area (Å²) in [5.74, 6) is 0.584. The molecule has 15 heavy (non-hydrogen) atoms. The molecular weight excluding hydrogens is 188 g/mol. The highest BCUT2D eigenvalue weighted by molar-refractivity contribution is 5.41. The zero-order valence-corrected chi connectivity index (χ0v) is 8.04. The van der Waals surface area contributed by atoms with Crippen molar-refractivity contribution in [2.45, 2.75) is 0 Å². The molecule has 0 unspecified atom stereocenters. The predicted octanol–water partition coefficient (Wildman–Crippen LogP) is 3.19. The second-order valence-electron chi connectivity index (χ2n) is 2.87. The van der Waals surface area contributed by atoms with Crippen molar-refractivity contribution in [1.29, 1.82) is 0 Å². The van der Waals surface area contributed by atoms with Gasteiger partial charge in [0.2, 0.25) is 0 Å². The lowest BCUT2D eigenvalue weighted by atomic mass is 10.3. The summed E-state index contributed by atoms with van der Waals surface area (Å²) in [6.45, 7) is 0.